The molecule has 0 spiro atoms. The van der Waals surface area contributed by atoms with E-state index in [0.29, 0.717) is 6.04 Å². The molecule has 0 saturated heterocycles. The van der Waals surface area contributed by atoms with Crippen molar-refractivity contribution in [1.82, 2.24) is 5.32 Å². The van der Waals surface area contributed by atoms with Gasteiger partial charge in [0.15, 0.2) is 0 Å². The molecule has 0 aliphatic heterocycles. The molecule has 0 radical (unpaired) electrons. The van der Waals surface area contributed by atoms with Gasteiger partial charge in [-0.05, 0) is 51.3 Å². The number of benzene rings is 1. The number of nitrogens with one attached hydrogen (secondary N) is 1. The van der Waals surface area contributed by atoms with E-state index in [1.165, 1.54) is 22.3 Å². The maximum absolute atomic E-state index is 5.40. The molecule has 0 fully saturated rings. The summed E-state index contributed by atoms with van der Waals surface area (Å²) in [6, 6.07) is 4.89. The number of rotatable bonds is 6. The van der Waals surface area contributed by atoms with Crippen molar-refractivity contribution in [2.75, 3.05) is 13.2 Å². The molecule has 0 bridgehead atoms. The molecule has 1 atom stereocenters. The Hall–Kier alpha value is -0.860. The van der Waals surface area contributed by atoms with Crippen LogP contribution in [0.15, 0.2) is 12.1 Å². The third-order valence-corrected chi connectivity index (χ3v) is 3.04. The number of hydrogen-bond acceptors (Lipinski definition) is 2. The third kappa shape index (κ3) is 4.49. The molecule has 2 nitrogen and oxygen atoms in total. The molecule has 0 amide bonds. The van der Waals surface area contributed by atoms with E-state index < -0.39 is 0 Å². The van der Waals surface area contributed by atoms with Crippen LogP contribution in [0.5, 0.6) is 0 Å². The molecule has 0 heterocycles. The Morgan fingerprint density at radius 1 is 1.18 bits per heavy atom. The van der Waals surface area contributed by atoms with Crippen LogP contribution in [0.1, 0.15) is 36.1 Å². The minimum Gasteiger partial charge on any atom is -0.380 e. The maximum Gasteiger partial charge on any atom is 0.0616 e. The number of hydrogen-bond donors (Lipinski definition) is 1. The Balaban J connectivity index is 2.57. The Morgan fingerprint density at radius 3 is 2.29 bits per heavy atom. The predicted molar refractivity (Wildman–Crippen MR) is 73.4 cm³/mol. The molecule has 96 valence electrons. The van der Waals surface area contributed by atoms with E-state index in [2.05, 4.69) is 45.1 Å². The molecule has 0 aliphatic carbocycles. The van der Waals surface area contributed by atoms with E-state index in [4.69, 9.17) is 4.74 Å². The maximum atomic E-state index is 5.40. The molecule has 0 aromatic heterocycles. The molecule has 0 saturated carbocycles. The zero-order valence-corrected chi connectivity index (χ0v) is 11.8. The summed E-state index contributed by atoms with van der Waals surface area (Å²) in [5.74, 6) is 0. The molecule has 17 heavy (non-hydrogen) atoms. The summed E-state index contributed by atoms with van der Waals surface area (Å²) in [5, 5.41) is 3.51. The van der Waals surface area contributed by atoms with Crippen LogP contribution < -0.4 is 5.32 Å². The molecule has 2 heteroatoms. The summed E-state index contributed by atoms with van der Waals surface area (Å²) in [4.78, 5) is 0. The van der Waals surface area contributed by atoms with Crippen LogP contribution in [0.2, 0.25) is 0 Å². The summed E-state index contributed by atoms with van der Waals surface area (Å²) in [6.07, 6.45) is 0. The second-order valence-corrected chi connectivity index (χ2v) is 4.82. The lowest BCUT2D eigenvalue weighted by Gasteiger charge is -2.17. The van der Waals surface area contributed by atoms with Gasteiger partial charge in [-0.25, -0.2) is 0 Å². The highest BCUT2D eigenvalue weighted by atomic mass is 16.5. The van der Waals surface area contributed by atoms with E-state index in [-0.39, 0.29) is 0 Å². The molecule has 1 unspecified atom stereocenters. The molecule has 1 aromatic carbocycles. The Labute approximate surface area is 105 Å². The van der Waals surface area contributed by atoms with Crippen LogP contribution in [0.25, 0.3) is 0 Å². The van der Waals surface area contributed by atoms with Crippen molar-refractivity contribution < 1.29 is 4.74 Å². The van der Waals surface area contributed by atoms with E-state index >= 15 is 0 Å². The fourth-order valence-electron chi connectivity index (χ4n) is 2.12. The second kappa shape index (κ2) is 6.77. The topological polar surface area (TPSA) is 21.3 Å². The average molecular weight is 235 g/mol. The smallest absolute Gasteiger partial charge is 0.0616 e. The first-order valence-corrected chi connectivity index (χ1v) is 6.42. The molecule has 1 rings (SSSR count). The SMILES string of the molecule is CCOCC(C)NCc1c(C)cc(C)cc1C. The molecular weight excluding hydrogens is 210 g/mol. The highest BCUT2D eigenvalue weighted by molar-refractivity contribution is 5.37. The first kappa shape index (κ1) is 14.2. The van der Waals surface area contributed by atoms with E-state index in [9.17, 15) is 0 Å². The summed E-state index contributed by atoms with van der Waals surface area (Å²) in [6.45, 7) is 13.2. The first-order chi connectivity index (χ1) is 8.04. The number of ether oxygens (including phenoxy) is 1. The van der Waals surface area contributed by atoms with Gasteiger partial charge in [-0.2, -0.15) is 0 Å². The quantitative estimate of drug-likeness (QED) is 0.818. The fourth-order valence-corrected chi connectivity index (χ4v) is 2.12. The Bertz CT molecular complexity index is 337. The van der Waals surface area contributed by atoms with Crippen LogP contribution in [-0.4, -0.2) is 19.3 Å². The summed E-state index contributed by atoms with van der Waals surface area (Å²) < 4.78 is 5.40. The highest BCUT2D eigenvalue weighted by Crippen LogP contribution is 2.16. The van der Waals surface area contributed by atoms with Crippen molar-refractivity contribution in [2.45, 2.75) is 47.2 Å². The minimum atomic E-state index is 0.398. The number of aryl methyl sites for hydroxylation is 3. The van der Waals surface area contributed by atoms with Gasteiger partial charge in [-0.3, -0.25) is 0 Å². The standard InChI is InChI=1S/C15H25NO/c1-6-17-10-14(5)16-9-15-12(3)7-11(2)8-13(15)4/h7-8,14,16H,6,9-10H2,1-5H3. The monoisotopic (exact) mass is 235 g/mol. The van der Waals surface area contributed by atoms with Crippen LogP contribution in [0, 0.1) is 20.8 Å². The summed E-state index contributed by atoms with van der Waals surface area (Å²) in [5.41, 5.74) is 5.50. The molecule has 1 aromatic rings. The van der Waals surface area contributed by atoms with Crippen molar-refractivity contribution in [3.05, 3.63) is 34.4 Å². The van der Waals surface area contributed by atoms with E-state index in [1.807, 2.05) is 6.92 Å². The minimum absolute atomic E-state index is 0.398. The van der Waals surface area contributed by atoms with Gasteiger partial charge < -0.3 is 10.1 Å². The van der Waals surface area contributed by atoms with Gasteiger partial charge >= 0.3 is 0 Å². The van der Waals surface area contributed by atoms with Gasteiger partial charge in [0.05, 0.1) is 6.61 Å². The van der Waals surface area contributed by atoms with Crippen molar-refractivity contribution in [1.29, 1.82) is 0 Å². The Kier molecular flexibility index (Phi) is 5.66. The van der Waals surface area contributed by atoms with Gasteiger partial charge in [0.1, 0.15) is 0 Å². The van der Waals surface area contributed by atoms with E-state index in [1.54, 1.807) is 0 Å². The lowest BCUT2D eigenvalue weighted by atomic mass is 10.00. The van der Waals surface area contributed by atoms with Gasteiger partial charge in [0, 0.05) is 19.2 Å². The summed E-state index contributed by atoms with van der Waals surface area (Å²) in [7, 11) is 0. The molecular formula is C15H25NO. The van der Waals surface area contributed by atoms with Crippen molar-refractivity contribution in [3.63, 3.8) is 0 Å². The van der Waals surface area contributed by atoms with Crippen molar-refractivity contribution in [2.24, 2.45) is 0 Å². The van der Waals surface area contributed by atoms with E-state index in [0.717, 1.165) is 19.8 Å². The summed E-state index contributed by atoms with van der Waals surface area (Å²) >= 11 is 0. The van der Waals surface area contributed by atoms with Gasteiger partial charge in [-0.1, -0.05) is 17.7 Å². The fraction of sp³-hybridized carbons (Fsp3) is 0.600. The molecule has 0 aliphatic rings. The van der Waals surface area contributed by atoms with Gasteiger partial charge in [0.25, 0.3) is 0 Å². The van der Waals surface area contributed by atoms with Crippen molar-refractivity contribution in [3.8, 4) is 0 Å². The normalized spacial score (nSPS) is 12.8. The largest absolute Gasteiger partial charge is 0.380 e. The van der Waals surface area contributed by atoms with Crippen LogP contribution in [0.4, 0.5) is 0 Å². The van der Waals surface area contributed by atoms with Gasteiger partial charge in [0.2, 0.25) is 0 Å². The zero-order chi connectivity index (χ0) is 12.8. The highest BCUT2D eigenvalue weighted by Gasteiger charge is 2.06. The van der Waals surface area contributed by atoms with Crippen molar-refractivity contribution >= 4 is 0 Å². The molecule has 1 N–H and O–H groups in total. The van der Waals surface area contributed by atoms with Crippen LogP contribution in [-0.2, 0) is 11.3 Å². The first-order valence-electron chi connectivity index (χ1n) is 6.42. The predicted octanol–water partition coefficient (Wildman–Crippen LogP) is 3.13. The third-order valence-electron chi connectivity index (χ3n) is 3.04. The van der Waals surface area contributed by atoms with Crippen LogP contribution in [0.3, 0.4) is 0 Å². The second-order valence-electron chi connectivity index (χ2n) is 4.82. The lowest BCUT2D eigenvalue weighted by molar-refractivity contribution is 0.127. The van der Waals surface area contributed by atoms with Crippen LogP contribution >= 0.6 is 0 Å². The average Bonchev–Trinajstić information content (AvgIpc) is 2.24. The Morgan fingerprint density at radius 2 is 1.76 bits per heavy atom. The lowest BCUT2D eigenvalue weighted by Crippen LogP contribution is -2.30. The zero-order valence-electron chi connectivity index (χ0n) is 11.8. The van der Waals surface area contributed by atoms with Gasteiger partial charge in [-0.15, -0.1) is 0 Å².